The summed E-state index contributed by atoms with van der Waals surface area (Å²) in [6, 6.07) is 0.531. The number of aliphatic imine (C=N–C) groups is 1. The highest BCUT2D eigenvalue weighted by Gasteiger charge is 2.32. The van der Waals surface area contributed by atoms with Crippen LogP contribution in [-0.2, 0) is 4.74 Å². The first kappa shape index (κ1) is 15.0. The van der Waals surface area contributed by atoms with Gasteiger partial charge in [-0.1, -0.05) is 0 Å². The van der Waals surface area contributed by atoms with Crippen LogP contribution in [0.2, 0.25) is 0 Å². The van der Waals surface area contributed by atoms with Gasteiger partial charge in [0, 0.05) is 24.7 Å². The molecule has 0 radical (unpaired) electrons. The number of guanidine groups is 1. The van der Waals surface area contributed by atoms with Crippen molar-refractivity contribution in [2.75, 3.05) is 26.4 Å². The highest BCUT2D eigenvalue weighted by Crippen LogP contribution is 2.30. The zero-order valence-electron chi connectivity index (χ0n) is 10.0. The first-order valence-corrected chi connectivity index (χ1v) is 5.99. The Balaban J connectivity index is 0.00000144. The molecule has 0 atom stereocenters. The third-order valence-corrected chi connectivity index (χ3v) is 3.40. The van der Waals surface area contributed by atoms with Crippen molar-refractivity contribution in [1.82, 2.24) is 5.32 Å². The Morgan fingerprint density at radius 1 is 1.41 bits per heavy atom. The summed E-state index contributed by atoms with van der Waals surface area (Å²) in [6.45, 7) is 2.19. The first-order valence-electron chi connectivity index (χ1n) is 5.99. The van der Waals surface area contributed by atoms with Gasteiger partial charge in [0.2, 0.25) is 0 Å². The van der Waals surface area contributed by atoms with E-state index in [1.54, 1.807) is 0 Å². The Hall–Kier alpha value is -0.0800. The smallest absolute Gasteiger partial charge is 0.188 e. The van der Waals surface area contributed by atoms with E-state index in [4.69, 9.17) is 10.5 Å². The quantitative estimate of drug-likeness (QED) is 0.389. The predicted octanol–water partition coefficient (Wildman–Crippen LogP) is 0.460. The number of rotatable bonds is 4. The Kier molecular flexibility index (Phi) is 5.94. The number of hydrogen-bond donors (Lipinski definition) is 3. The van der Waals surface area contributed by atoms with Crippen molar-refractivity contribution in [3.8, 4) is 0 Å². The molecule has 0 spiro atoms. The zero-order valence-corrected chi connectivity index (χ0v) is 12.4. The first-order chi connectivity index (χ1) is 7.74. The molecular weight excluding hydrogens is 333 g/mol. The van der Waals surface area contributed by atoms with Crippen LogP contribution in [0.3, 0.4) is 0 Å². The van der Waals surface area contributed by atoms with Crippen molar-refractivity contribution in [2.45, 2.75) is 31.7 Å². The summed E-state index contributed by atoms with van der Waals surface area (Å²) in [4.78, 5) is 4.34. The van der Waals surface area contributed by atoms with Crippen LogP contribution in [0, 0.1) is 5.41 Å². The van der Waals surface area contributed by atoms with Gasteiger partial charge in [0.25, 0.3) is 0 Å². The molecule has 0 aromatic heterocycles. The summed E-state index contributed by atoms with van der Waals surface area (Å²) >= 11 is 0. The molecule has 17 heavy (non-hydrogen) atoms. The number of ether oxygens (including phenoxy) is 1. The third kappa shape index (κ3) is 4.59. The van der Waals surface area contributed by atoms with Gasteiger partial charge in [0.15, 0.2) is 5.96 Å². The molecule has 100 valence electrons. The highest BCUT2D eigenvalue weighted by molar-refractivity contribution is 14.0. The molecule has 1 saturated carbocycles. The van der Waals surface area contributed by atoms with Crippen LogP contribution in [0.5, 0.6) is 0 Å². The van der Waals surface area contributed by atoms with Gasteiger partial charge in [-0.15, -0.1) is 24.0 Å². The van der Waals surface area contributed by atoms with Crippen molar-refractivity contribution < 1.29 is 9.84 Å². The van der Waals surface area contributed by atoms with Crippen LogP contribution >= 0.6 is 24.0 Å². The summed E-state index contributed by atoms with van der Waals surface area (Å²) in [5.74, 6) is 0.516. The molecule has 4 N–H and O–H groups in total. The minimum atomic E-state index is -0.117. The molecule has 1 saturated heterocycles. The van der Waals surface area contributed by atoms with Crippen LogP contribution < -0.4 is 11.1 Å². The molecule has 0 amide bonds. The number of halogens is 1. The normalized spacial score (nSPS) is 23.9. The lowest BCUT2D eigenvalue weighted by atomic mass is 9.81. The maximum absolute atomic E-state index is 9.46. The van der Waals surface area contributed by atoms with Gasteiger partial charge in [-0.05, 0) is 25.7 Å². The number of aliphatic hydroxyl groups is 1. The fraction of sp³-hybridized carbons (Fsp3) is 0.909. The van der Waals surface area contributed by atoms with Crippen LogP contribution in [0.1, 0.15) is 25.7 Å². The van der Waals surface area contributed by atoms with E-state index >= 15 is 0 Å². The van der Waals surface area contributed by atoms with Gasteiger partial charge in [-0.2, -0.15) is 0 Å². The average molecular weight is 355 g/mol. The molecule has 2 fully saturated rings. The van der Waals surface area contributed by atoms with E-state index in [9.17, 15) is 5.11 Å². The zero-order chi connectivity index (χ0) is 11.4. The SMILES string of the molecule is I.NC(=NCC1(CO)CCOCC1)NC1CC1. The van der Waals surface area contributed by atoms with Crippen molar-refractivity contribution in [2.24, 2.45) is 16.1 Å². The van der Waals surface area contributed by atoms with E-state index in [0.29, 0.717) is 31.8 Å². The molecular formula is C11H22IN3O2. The second kappa shape index (κ2) is 6.75. The van der Waals surface area contributed by atoms with Gasteiger partial charge in [0.1, 0.15) is 0 Å². The van der Waals surface area contributed by atoms with Gasteiger partial charge >= 0.3 is 0 Å². The Bertz CT molecular complexity index is 263. The lowest BCUT2D eigenvalue weighted by molar-refractivity contribution is -0.0106. The molecule has 0 aromatic carbocycles. The minimum Gasteiger partial charge on any atom is -0.396 e. The minimum absolute atomic E-state index is 0. The lowest BCUT2D eigenvalue weighted by Gasteiger charge is -2.34. The van der Waals surface area contributed by atoms with Gasteiger partial charge in [0.05, 0.1) is 13.2 Å². The monoisotopic (exact) mass is 355 g/mol. The Morgan fingerprint density at radius 2 is 2.06 bits per heavy atom. The number of nitrogens with one attached hydrogen (secondary N) is 1. The van der Waals surface area contributed by atoms with Crippen molar-refractivity contribution >= 4 is 29.9 Å². The lowest BCUT2D eigenvalue weighted by Crippen LogP contribution is -2.39. The van der Waals surface area contributed by atoms with Gasteiger partial charge in [-0.3, -0.25) is 4.99 Å². The molecule has 1 heterocycles. The van der Waals surface area contributed by atoms with Crippen molar-refractivity contribution in [1.29, 1.82) is 0 Å². The molecule has 5 nitrogen and oxygen atoms in total. The molecule has 1 aliphatic heterocycles. The van der Waals surface area contributed by atoms with E-state index in [2.05, 4.69) is 10.3 Å². The van der Waals surface area contributed by atoms with Crippen LogP contribution in [-0.4, -0.2) is 43.5 Å². The largest absolute Gasteiger partial charge is 0.396 e. The highest BCUT2D eigenvalue weighted by atomic mass is 127. The van der Waals surface area contributed by atoms with Crippen LogP contribution in [0.25, 0.3) is 0 Å². The standard InChI is InChI=1S/C11H21N3O2.HI/c12-10(14-9-1-2-9)13-7-11(8-15)3-5-16-6-4-11;/h9,15H,1-8H2,(H3,12,13,14);1H. The van der Waals surface area contributed by atoms with E-state index in [1.165, 1.54) is 12.8 Å². The Labute approximate surface area is 119 Å². The fourth-order valence-corrected chi connectivity index (χ4v) is 1.91. The molecule has 6 heteroatoms. The number of nitrogens with two attached hydrogens (primary N) is 1. The predicted molar refractivity (Wildman–Crippen MR) is 77.6 cm³/mol. The Morgan fingerprint density at radius 3 is 2.59 bits per heavy atom. The molecule has 2 aliphatic rings. The fourth-order valence-electron chi connectivity index (χ4n) is 1.91. The second-order valence-electron chi connectivity index (χ2n) is 4.89. The van der Waals surface area contributed by atoms with E-state index in [1.807, 2.05) is 0 Å². The van der Waals surface area contributed by atoms with Gasteiger partial charge < -0.3 is 20.9 Å². The summed E-state index contributed by atoms with van der Waals surface area (Å²) in [6.07, 6.45) is 4.11. The number of aliphatic hydroxyl groups excluding tert-OH is 1. The molecule has 0 aromatic rings. The maximum atomic E-state index is 9.46. The molecule has 0 bridgehead atoms. The third-order valence-electron chi connectivity index (χ3n) is 3.40. The number of nitrogens with zero attached hydrogens (tertiary/aromatic N) is 1. The molecule has 1 aliphatic carbocycles. The summed E-state index contributed by atoms with van der Waals surface area (Å²) in [5, 5.41) is 12.6. The maximum Gasteiger partial charge on any atom is 0.188 e. The van der Waals surface area contributed by atoms with E-state index in [0.717, 1.165) is 12.8 Å². The van der Waals surface area contributed by atoms with E-state index < -0.39 is 0 Å². The summed E-state index contributed by atoms with van der Waals surface area (Å²) < 4.78 is 5.30. The second-order valence-corrected chi connectivity index (χ2v) is 4.89. The molecule has 0 unspecified atom stereocenters. The van der Waals surface area contributed by atoms with Crippen molar-refractivity contribution in [3.05, 3.63) is 0 Å². The average Bonchev–Trinajstić information content (AvgIpc) is 3.12. The summed E-state index contributed by atoms with van der Waals surface area (Å²) in [7, 11) is 0. The van der Waals surface area contributed by atoms with Crippen molar-refractivity contribution in [3.63, 3.8) is 0 Å². The summed E-state index contributed by atoms with van der Waals surface area (Å²) in [5.41, 5.74) is 5.65. The van der Waals surface area contributed by atoms with Crippen LogP contribution in [0.4, 0.5) is 0 Å². The topological polar surface area (TPSA) is 79.9 Å². The van der Waals surface area contributed by atoms with E-state index in [-0.39, 0.29) is 36.0 Å². The molecule has 2 rings (SSSR count). The van der Waals surface area contributed by atoms with Gasteiger partial charge in [-0.25, -0.2) is 0 Å². The van der Waals surface area contributed by atoms with Crippen LogP contribution in [0.15, 0.2) is 4.99 Å². The number of hydrogen-bond acceptors (Lipinski definition) is 3.